The summed E-state index contributed by atoms with van der Waals surface area (Å²) in [6, 6.07) is 12.3. The molecule has 0 aliphatic rings. The van der Waals surface area contributed by atoms with Crippen molar-refractivity contribution in [1.29, 1.82) is 0 Å². The predicted octanol–water partition coefficient (Wildman–Crippen LogP) is 4.37. The van der Waals surface area contributed by atoms with E-state index in [1.54, 1.807) is 12.4 Å². The number of nitrogens with zero attached hydrogens (tertiary/aromatic N) is 2. The Bertz CT molecular complexity index is 847. The second-order valence-electron chi connectivity index (χ2n) is 6.47. The fourth-order valence-corrected chi connectivity index (χ4v) is 2.76. The molecule has 3 aromatic rings. The minimum absolute atomic E-state index is 1.01. The number of pyridine rings is 1. The smallest absolute Gasteiger partial charge is 0.129 e. The highest BCUT2D eigenvalue weighted by Crippen LogP contribution is 2.29. The van der Waals surface area contributed by atoms with Crippen molar-refractivity contribution in [2.75, 3.05) is 0 Å². The van der Waals surface area contributed by atoms with E-state index >= 15 is 0 Å². The van der Waals surface area contributed by atoms with Crippen LogP contribution in [0.25, 0.3) is 22.4 Å². The zero-order valence-corrected chi connectivity index (χ0v) is 14.6. The first-order valence-corrected chi connectivity index (χ1v) is 11.1. The Morgan fingerprint density at radius 2 is 1.61 bits per heavy atom. The van der Waals surface area contributed by atoms with Gasteiger partial charge in [-0.1, -0.05) is 37.7 Å². The Morgan fingerprint density at radius 1 is 0.913 bits per heavy atom. The largest absolute Gasteiger partial charge is 0.277 e. The lowest BCUT2D eigenvalue weighted by Gasteiger charge is -2.05. The number of hydrogen-bond acceptors (Lipinski definition) is 2. The van der Waals surface area contributed by atoms with Crippen molar-refractivity contribution in [2.24, 2.45) is 0 Å². The molecule has 0 unspecified atom stereocenters. The minimum atomic E-state index is -1.34. The molecule has 1 aromatic carbocycles. The van der Waals surface area contributed by atoms with E-state index in [1.165, 1.54) is 0 Å². The molecule has 114 valence electrons. The van der Waals surface area contributed by atoms with Crippen LogP contribution >= 0.6 is 0 Å². The van der Waals surface area contributed by atoms with Gasteiger partial charge in [0.25, 0.3) is 0 Å². The first-order valence-electron chi connectivity index (χ1n) is 7.60. The van der Waals surface area contributed by atoms with E-state index in [1.807, 2.05) is 18.3 Å². The van der Waals surface area contributed by atoms with E-state index in [0.29, 0.717) is 0 Å². The summed E-state index contributed by atoms with van der Waals surface area (Å²) in [5, 5.41) is 7.28. The van der Waals surface area contributed by atoms with Crippen LogP contribution in [-0.2, 0) is 0 Å². The number of nitrogens with one attached hydrogen (secondary N) is 1. The Morgan fingerprint density at radius 3 is 2.26 bits per heavy atom. The summed E-state index contributed by atoms with van der Waals surface area (Å²) < 4.78 is 0. The topological polar surface area (TPSA) is 41.6 Å². The lowest BCUT2D eigenvalue weighted by Crippen LogP contribution is -2.16. The third-order valence-electron chi connectivity index (χ3n) is 3.39. The zero-order valence-electron chi connectivity index (χ0n) is 13.6. The van der Waals surface area contributed by atoms with Gasteiger partial charge in [0.2, 0.25) is 0 Å². The van der Waals surface area contributed by atoms with E-state index in [9.17, 15) is 0 Å². The number of benzene rings is 1. The van der Waals surface area contributed by atoms with E-state index in [-0.39, 0.29) is 0 Å². The monoisotopic (exact) mass is 317 g/mol. The summed E-state index contributed by atoms with van der Waals surface area (Å²) in [5.41, 5.74) is 8.75. The molecule has 0 aliphatic carbocycles. The molecular weight excluding hydrogens is 298 g/mol. The molecule has 0 saturated heterocycles. The van der Waals surface area contributed by atoms with Gasteiger partial charge < -0.3 is 0 Å². The van der Waals surface area contributed by atoms with Gasteiger partial charge in [-0.3, -0.25) is 10.1 Å². The number of aromatic amines is 1. The molecule has 2 aromatic heterocycles. The van der Waals surface area contributed by atoms with Crippen LogP contribution in [0, 0.1) is 11.5 Å². The molecule has 0 aliphatic heterocycles. The number of H-pyrrole nitrogens is 1. The Balaban J connectivity index is 1.92. The van der Waals surface area contributed by atoms with Crippen LogP contribution in [0.5, 0.6) is 0 Å². The van der Waals surface area contributed by atoms with Crippen molar-refractivity contribution in [1.82, 2.24) is 15.2 Å². The Hall–Kier alpha value is -2.64. The SMILES string of the molecule is C[Si](C)(C)C#Cc1ccc(-c2cn[nH]c2-c2ccncc2)cc1. The fraction of sp³-hybridized carbons (Fsp3) is 0.158. The first-order chi connectivity index (χ1) is 11.0. The Kier molecular flexibility index (Phi) is 4.13. The molecule has 3 nitrogen and oxygen atoms in total. The minimum Gasteiger partial charge on any atom is -0.277 e. The van der Waals surface area contributed by atoms with E-state index in [0.717, 1.165) is 27.9 Å². The van der Waals surface area contributed by atoms with Crippen LogP contribution in [0.3, 0.4) is 0 Å². The van der Waals surface area contributed by atoms with Crippen LogP contribution in [0.2, 0.25) is 19.6 Å². The molecule has 0 amide bonds. The van der Waals surface area contributed by atoms with Gasteiger partial charge in [-0.25, -0.2) is 0 Å². The van der Waals surface area contributed by atoms with Crippen molar-refractivity contribution in [3.8, 4) is 33.8 Å². The molecule has 0 saturated carbocycles. The van der Waals surface area contributed by atoms with Crippen molar-refractivity contribution >= 4 is 8.07 Å². The molecule has 0 spiro atoms. The molecule has 0 bridgehead atoms. The average molecular weight is 317 g/mol. The zero-order chi connectivity index (χ0) is 16.3. The van der Waals surface area contributed by atoms with Gasteiger partial charge in [0.05, 0.1) is 11.9 Å². The normalized spacial score (nSPS) is 10.9. The van der Waals surface area contributed by atoms with Gasteiger partial charge in [-0.15, -0.1) is 5.54 Å². The predicted molar refractivity (Wildman–Crippen MR) is 97.5 cm³/mol. The molecule has 4 heteroatoms. The lowest BCUT2D eigenvalue weighted by molar-refractivity contribution is 1.09. The summed E-state index contributed by atoms with van der Waals surface area (Å²) >= 11 is 0. The van der Waals surface area contributed by atoms with Gasteiger partial charge in [0.1, 0.15) is 8.07 Å². The maximum absolute atomic E-state index is 4.20. The summed E-state index contributed by atoms with van der Waals surface area (Å²) in [6.07, 6.45) is 5.43. The van der Waals surface area contributed by atoms with Crippen molar-refractivity contribution in [3.05, 3.63) is 60.6 Å². The van der Waals surface area contributed by atoms with Gasteiger partial charge in [-0.05, 0) is 29.8 Å². The third kappa shape index (κ3) is 3.76. The average Bonchev–Trinajstić information content (AvgIpc) is 3.03. The van der Waals surface area contributed by atoms with Crippen LogP contribution in [-0.4, -0.2) is 23.3 Å². The standard InChI is InChI=1S/C19H19N3Si/c1-23(2,3)13-10-15-4-6-16(7-5-15)18-14-21-22-19(18)17-8-11-20-12-9-17/h4-9,11-12,14H,1-3H3,(H,21,22). The molecule has 0 fully saturated rings. The quantitative estimate of drug-likeness (QED) is 0.563. The van der Waals surface area contributed by atoms with Crippen molar-refractivity contribution in [2.45, 2.75) is 19.6 Å². The van der Waals surface area contributed by atoms with Gasteiger partial charge in [0.15, 0.2) is 0 Å². The summed E-state index contributed by atoms with van der Waals surface area (Å²) in [4.78, 5) is 4.06. The first kappa shape index (κ1) is 15.3. The van der Waals surface area contributed by atoms with Crippen molar-refractivity contribution < 1.29 is 0 Å². The van der Waals surface area contributed by atoms with Gasteiger partial charge in [-0.2, -0.15) is 5.10 Å². The van der Waals surface area contributed by atoms with Crippen LogP contribution in [0.1, 0.15) is 5.56 Å². The maximum atomic E-state index is 4.20. The number of hydrogen-bond donors (Lipinski definition) is 1. The fourth-order valence-electron chi connectivity index (χ4n) is 2.24. The van der Waals surface area contributed by atoms with Gasteiger partial charge in [0, 0.05) is 29.1 Å². The summed E-state index contributed by atoms with van der Waals surface area (Å²) in [6.45, 7) is 6.75. The van der Waals surface area contributed by atoms with Crippen LogP contribution < -0.4 is 0 Å². The highest BCUT2D eigenvalue weighted by atomic mass is 28.3. The highest BCUT2D eigenvalue weighted by Gasteiger charge is 2.10. The van der Waals surface area contributed by atoms with E-state index in [4.69, 9.17) is 0 Å². The van der Waals surface area contributed by atoms with E-state index in [2.05, 4.69) is 70.6 Å². The summed E-state index contributed by atoms with van der Waals surface area (Å²) in [5.74, 6) is 3.28. The second kappa shape index (κ2) is 6.23. The van der Waals surface area contributed by atoms with E-state index < -0.39 is 8.07 Å². The summed E-state index contributed by atoms with van der Waals surface area (Å²) in [7, 11) is -1.34. The number of aromatic nitrogens is 3. The van der Waals surface area contributed by atoms with Gasteiger partial charge >= 0.3 is 0 Å². The Labute approximate surface area is 137 Å². The second-order valence-corrected chi connectivity index (χ2v) is 11.2. The van der Waals surface area contributed by atoms with Crippen molar-refractivity contribution in [3.63, 3.8) is 0 Å². The lowest BCUT2D eigenvalue weighted by atomic mass is 10.0. The molecule has 1 N–H and O–H groups in total. The molecule has 23 heavy (non-hydrogen) atoms. The molecule has 0 atom stereocenters. The molecular formula is C19H19N3Si. The highest BCUT2D eigenvalue weighted by molar-refractivity contribution is 6.83. The third-order valence-corrected chi connectivity index (χ3v) is 4.26. The number of rotatable bonds is 2. The van der Waals surface area contributed by atoms with Crippen LogP contribution in [0.4, 0.5) is 0 Å². The molecule has 3 rings (SSSR count). The molecule has 0 radical (unpaired) electrons. The maximum Gasteiger partial charge on any atom is 0.129 e. The molecule has 2 heterocycles. The van der Waals surface area contributed by atoms with Crippen LogP contribution in [0.15, 0.2) is 55.0 Å².